The summed E-state index contributed by atoms with van der Waals surface area (Å²) in [6.07, 6.45) is 0.331. The van der Waals surface area contributed by atoms with Crippen molar-refractivity contribution < 1.29 is 26.7 Å². The molecule has 1 aromatic carbocycles. The lowest BCUT2D eigenvalue weighted by Gasteiger charge is -2.17. The third-order valence-electron chi connectivity index (χ3n) is 2.47. The van der Waals surface area contributed by atoms with E-state index in [0.29, 0.717) is 6.42 Å². The summed E-state index contributed by atoms with van der Waals surface area (Å²) in [4.78, 5) is 12.5. The van der Waals surface area contributed by atoms with E-state index in [4.69, 9.17) is 5.73 Å². The van der Waals surface area contributed by atoms with Crippen molar-refractivity contribution in [3.63, 3.8) is 0 Å². The molecule has 0 bridgehead atoms. The number of hydrogen-bond acceptors (Lipinski definition) is 2. The number of hydrogen-bond donors (Lipinski definition) is 1. The minimum absolute atomic E-state index is 0.0365. The van der Waals surface area contributed by atoms with Crippen LogP contribution in [0.4, 0.5) is 22.0 Å². The van der Waals surface area contributed by atoms with Crippen LogP contribution >= 0.6 is 0 Å². The van der Waals surface area contributed by atoms with E-state index in [1.54, 1.807) is 0 Å². The highest BCUT2D eigenvalue weighted by atomic mass is 19.2. The van der Waals surface area contributed by atoms with Crippen molar-refractivity contribution in [1.29, 1.82) is 0 Å². The molecule has 0 saturated heterocycles. The monoisotopic (exact) mass is 282 g/mol. The molecule has 0 aliphatic carbocycles. The summed E-state index contributed by atoms with van der Waals surface area (Å²) in [6, 6.07) is 0. The summed E-state index contributed by atoms with van der Waals surface area (Å²) < 4.78 is 65.3. The number of nitrogens with two attached hydrogens (primary N) is 1. The van der Waals surface area contributed by atoms with E-state index >= 15 is 0 Å². The molecule has 1 rings (SSSR count). The van der Waals surface area contributed by atoms with Crippen LogP contribution in [0.3, 0.4) is 0 Å². The van der Waals surface area contributed by atoms with Gasteiger partial charge in [0.15, 0.2) is 23.3 Å². The zero-order valence-electron chi connectivity index (χ0n) is 9.94. The molecule has 0 spiro atoms. The van der Waals surface area contributed by atoms with Crippen LogP contribution in [0.1, 0.15) is 16.8 Å². The molecule has 19 heavy (non-hydrogen) atoms. The topological polar surface area (TPSA) is 46.3 Å². The molecule has 0 radical (unpaired) electrons. The summed E-state index contributed by atoms with van der Waals surface area (Å²) in [5.74, 6) is -12.1. The number of carbonyl (C=O) groups is 1. The minimum atomic E-state index is -2.30. The Kier molecular flexibility index (Phi) is 4.82. The predicted molar refractivity (Wildman–Crippen MR) is 56.9 cm³/mol. The first-order valence-corrected chi connectivity index (χ1v) is 5.29. The van der Waals surface area contributed by atoms with E-state index < -0.39 is 40.6 Å². The smallest absolute Gasteiger partial charge is 0.259 e. The third-order valence-corrected chi connectivity index (χ3v) is 2.47. The van der Waals surface area contributed by atoms with Crippen molar-refractivity contribution in [2.24, 2.45) is 5.73 Å². The van der Waals surface area contributed by atoms with E-state index in [1.165, 1.54) is 7.05 Å². The minimum Gasteiger partial charge on any atom is -0.341 e. The second kappa shape index (κ2) is 5.96. The molecule has 1 amide bonds. The highest BCUT2D eigenvalue weighted by Crippen LogP contribution is 2.23. The van der Waals surface area contributed by atoms with Crippen LogP contribution in [0.5, 0.6) is 0 Å². The van der Waals surface area contributed by atoms with Crippen LogP contribution < -0.4 is 5.73 Å². The lowest BCUT2D eigenvalue weighted by atomic mass is 10.1. The van der Waals surface area contributed by atoms with Crippen LogP contribution in [0.2, 0.25) is 0 Å². The lowest BCUT2D eigenvalue weighted by Crippen LogP contribution is -2.31. The second-order valence-corrected chi connectivity index (χ2v) is 3.81. The molecular weight excluding hydrogens is 271 g/mol. The fourth-order valence-electron chi connectivity index (χ4n) is 1.41. The van der Waals surface area contributed by atoms with E-state index in [-0.39, 0.29) is 13.1 Å². The Morgan fingerprint density at radius 1 is 1.00 bits per heavy atom. The standard InChI is InChI=1S/C11H11F5N2O/c1-18(4-2-3-17)11(19)5-6(12)8(14)10(16)9(15)7(5)13/h2-4,17H2,1H3. The fraction of sp³-hybridized carbons (Fsp3) is 0.364. The van der Waals surface area contributed by atoms with Gasteiger partial charge in [0, 0.05) is 13.6 Å². The van der Waals surface area contributed by atoms with Gasteiger partial charge in [0.05, 0.1) is 0 Å². The Labute approximate surface area is 105 Å². The van der Waals surface area contributed by atoms with Gasteiger partial charge in [-0.1, -0.05) is 0 Å². The Balaban J connectivity index is 3.24. The predicted octanol–water partition coefficient (Wildman–Crippen LogP) is 1.80. The van der Waals surface area contributed by atoms with Gasteiger partial charge in [-0.05, 0) is 13.0 Å². The van der Waals surface area contributed by atoms with Gasteiger partial charge in [-0.15, -0.1) is 0 Å². The lowest BCUT2D eigenvalue weighted by molar-refractivity contribution is 0.0781. The number of benzene rings is 1. The summed E-state index contributed by atoms with van der Waals surface area (Å²) >= 11 is 0. The van der Waals surface area contributed by atoms with Gasteiger partial charge in [-0.3, -0.25) is 4.79 Å². The molecule has 0 saturated carbocycles. The maximum Gasteiger partial charge on any atom is 0.259 e. The molecular formula is C11H11F5N2O. The summed E-state index contributed by atoms with van der Waals surface area (Å²) in [6.45, 7) is 0.254. The first-order chi connectivity index (χ1) is 8.82. The number of carbonyl (C=O) groups excluding carboxylic acids is 1. The van der Waals surface area contributed by atoms with E-state index in [0.717, 1.165) is 4.90 Å². The van der Waals surface area contributed by atoms with Crippen molar-refractivity contribution in [1.82, 2.24) is 4.90 Å². The number of halogens is 5. The van der Waals surface area contributed by atoms with Gasteiger partial charge < -0.3 is 10.6 Å². The molecule has 0 aliphatic heterocycles. The first kappa shape index (κ1) is 15.4. The largest absolute Gasteiger partial charge is 0.341 e. The van der Waals surface area contributed by atoms with Crippen LogP contribution in [0, 0.1) is 29.1 Å². The number of nitrogens with zero attached hydrogens (tertiary/aromatic N) is 1. The molecule has 0 aliphatic rings. The zero-order chi connectivity index (χ0) is 14.7. The second-order valence-electron chi connectivity index (χ2n) is 3.81. The van der Waals surface area contributed by atoms with Crippen LogP contribution in [0.25, 0.3) is 0 Å². The van der Waals surface area contributed by atoms with Crippen molar-refractivity contribution in [2.75, 3.05) is 20.1 Å². The van der Waals surface area contributed by atoms with Gasteiger partial charge in [0.2, 0.25) is 5.82 Å². The van der Waals surface area contributed by atoms with Gasteiger partial charge in [-0.25, -0.2) is 22.0 Å². The van der Waals surface area contributed by atoms with Crippen molar-refractivity contribution in [3.8, 4) is 0 Å². The summed E-state index contributed by atoms with van der Waals surface area (Å²) in [5.41, 5.74) is 3.73. The average Bonchev–Trinajstić information content (AvgIpc) is 2.40. The SMILES string of the molecule is CN(CCCN)C(=O)c1c(F)c(F)c(F)c(F)c1F. The quantitative estimate of drug-likeness (QED) is 0.520. The molecule has 8 heteroatoms. The molecule has 0 heterocycles. The summed E-state index contributed by atoms with van der Waals surface area (Å²) in [7, 11) is 1.18. The van der Waals surface area contributed by atoms with Gasteiger partial charge in [-0.2, -0.15) is 0 Å². The van der Waals surface area contributed by atoms with Crippen molar-refractivity contribution >= 4 is 5.91 Å². The Bertz CT molecular complexity index is 477. The van der Waals surface area contributed by atoms with Gasteiger partial charge in [0.1, 0.15) is 5.56 Å². The van der Waals surface area contributed by atoms with Crippen LogP contribution in [-0.2, 0) is 0 Å². The molecule has 1 aromatic rings. The molecule has 106 valence electrons. The maximum atomic E-state index is 13.3. The highest BCUT2D eigenvalue weighted by Gasteiger charge is 2.30. The third kappa shape index (κ3) is 2.83. The fourth-order valence-corrected chi connectivity index (χ4v) is 1.41. The van der Waals surface area contributed by atoms with Crippen molar-refractivity contribution in [3.05, 3.63) is 34.6 Å². The normalized spacial score (nSPS) is 10.7. The highest BCUT2D eigenvalue weighted by molar-refractivity contribution is 5.94. The zero-order valence-corrected chi connectivity index (χ0v) is 9.94. The van der Waals surface area contributed by atoms with Crippen LogP contribution in [0.15, 0.2) is 0 Å². The molecule has 0 fully saturated rings. The van der Waals surface area contributed by atoms with E-state index in [1.807, 2.05) is 0 Å². The van der Waals surface area contributed by atoms with E-state index in [9.17, 15) is 26.7 Å². The Morgan fingerprint density at radius 2 is 1.42 bits per heavy atom. The van der Waals surface area contributed by atoms with E-state index in [2.05, 4.69) is 0 Å². The van der Waals surface area contributed by atoms with Gasteiger partial charge in [0.25, 0.3) is 5.91 Å². The number of rotatable bonds is 4. The molecule has 0 unspecified atom stereocenters. The van der Waals surface area contributed by atoms with Gasteiger partial charge >= 0.3 is 0 Å². The maximum absolute atomic E-state index is 13.3. The number of amides is 1. The molecule has 2 N–H and O–H groups in total. The summed E-state index contributed by atoms with van der Waals surface area (Å²) in [5, 5.41) is 0. The van der Waals surface area contributed by atoms with Crippen LogP contribution in [-0.4, -0.2) is 30.9 Å². The average molecular weight is 282 g/mol. The molecule has 3 nitrogen and oxygen atoms in total. The van der Waals surface area contributed by atoms with Crippen molar-refractivity contribution in [2.45, 2.75) is 6.42 Å². The first-order valence-electron chi connectivity index (χ1n) is 5.29. The molecule has 0 atom stereocenters. The molecule has 0 aromatic heterocycles. The Hall–Kier alpha value is -1.70. The Morgan fingerprint density at radius 3 is 1.84 bits per heavy atom.